The molecule has 0 fully saturated rings. The fourth-order valence-corrected chi connectivity index (χ4v) is 1.78. The van der Waals surface area contributed by atoms with Crippen LogP contribution in [0.4, 0.5) is 11.6 Å². The zero-order valence-electron chi connectivity index (χ0n) is 13.5. The van der Waals surface area contributed by atoms with Crippen molar-refractivity contribution in [2.45, 2.75) is 46.6 Å². The summed E-state index contributed by atoms with van der Waals surface area (Å²) in [5, 5.41) is 6.30. The number of hydrogen-bond donors (Lipinski definition) is 2. The molecule has 6 heteroatoms. The molecule has 0 amide bonds. The Balaban J connectivity index is 2.19. The molecule has 0 aromatic carbocycles. The van der Waals surface area contributed by atoms with Crippen LogP contribution in [0.3, 0.4) is 0 Å². The predicted molar refractivity (Wildman–Crippen MR) is 83.6 cm³/mol. The lowest BCUT2D eigenvalue weighted by Gasteiger charge is -2.18. The van der Waals surface area contributed by atoms with Crippen molar-refractivity contribution >= 4 is 11.6 Å². The summed E-state index contributed by atoms with van der Waals surface area (Å²) in [4.78, 5) is 13.4. The first-order valence-corrected chi connectivity index (χ1v) is 7.03. The third kappa shape index (κ3) is 3.71. The summed E-state index contributed by atoms with van der Waals surface area (Å²) in [6.07, 6.45) is 0. The summed E-state index contributed by atoms with van der Waals surface area (Å²) in [5.74, 6) is 3.84. The fourth-order valence-electron chi connectivity index (χ4n) is 1.78. The third-order valence-corrected chi connectivity index (χ3v) is 3.15. The van der Waals surface area contributed by atoms with Crippen LogP contribution >= 0.6 is 0 Å². The first-order valence-electron chi connectivity index (χ1n) is 7.03. The van der Waals surface area contributed by atoms with Gasteiger partial charge in [-0.1, -0.05) is 20.8 Å². The molecule has 0 bridgehead atoms. The van der Waals surface area contributed by atoms with Crippen LogP contribution in [0.25, 0.3) is 0 Å². The second kappa shape index (κ2) is 5.71. The van der Waals surface area contributed by atoms with Crippen LogP contribution in [0.15, 0.2) is 10.5 Å². The van der Waals surface area contributed by atoms with Crippen molar-refractivity contribution in [3.05, 3.63) is 29.2 Å². The largest absolute Gasteiger partial charge is 0.444 e. The van der Waals surface area contributed by atoms with E-state index < -0.39 is 0 Å². The van der Waals surface area contributed by atoms with E-state index in [4.69, 9.17) is 4.42 Å². The van der Waals surface area contributed by atoms with Crippen LogP contribution in [0.2, 0.25) is 0 Å². The van der Waals surface area contributed by atoms with E-state index in [-0.39, 0.29) is 5.41 Å². The van der Waals surface area contributed by atoms with E-state index >= 15 is 0 Å². The Morgan fingerprint density at radius 3 is 2.29 bits per heavy atom. The maximum absolute atomic E-state index is 5.56. The van der Waals surface area contributed by atoms with Crippen LogP contribution in [0.5, 0.6) is 0 Å². The maximum Gasteiger partial charge on any atom is 0.213 e. The molecule has 0 saturated heterocycles. The van der Waals surface area contributed by atoms with Crippen molar-refractivity contribution in [2.24, 2.45) is 0 Å². The minimum Gasteiger partial charge on any atom is -0.444 e. The highest BCUT2D eigenvalue weighted by molar-refractivity contribution is 5.47. The van der Waals surface area contributed by atoms with Crippen molar-refractivity contribution in [2.75, 3.05) is 17.7 Å². The summed E-state index contributed by atoms with van der Waals surface area (Å²) in [5.41, 5.74) is 0.806. The molecule has 0 atom stereocenters. The van der Waals surface area contributed by atoms with E-state index in [2.05, 4.69) is 46.4 Å². The highest BCUT2D eigenvalue weighted by Gasteiger charge is 2.19. The van der Waals surface area contributed by atoms with Gasteiger partial charge in [0.05, 0.1) is 12.2 Å². The molecule has 0 unspecified atom stereocenters. The highest BCUT2D eigenvalue weighted by Crippen LogP contribution is 2.22. The molecule has 0 aliphatic heterocycles. The number of aromatic nitrogens is 3. The van der Waals surface area contributed by atoms with E-state index in [0.717, 1.165) is 28.9 Å². The van der Waals surface area contributed by atoms with Gasteiger partial charge >= 0.3 is 0 Å². The van der Waals surface area contributed by atoms with Crippen molar-refractivity contribution in [3.63, 3.8) is 0 Å². The van der Waals surface area contributed by atoms with E-state index in [1.54, 1.807) is 0 Å². The van der Waals surface area contributed by atoms with Gasteiger partial charge in [0.15, 0.2) is 0 Å². The molecular formula is C15H23N5O. The van der Waals surface area contributed by atoms with Gasteiger partial charge in [0.25, 0.3) is 0 Å². The molecule has 2 aromatic heterocycles. The topological polar surface area (TPSA) is 75.9 Å². The van der Waals surface area contributed by atoms with Crippen LogP contribution in [-0.4, -0.2) is 22.0 Å². The van der Waals surface area contributed by atoms with Gasteiger partial charge in [-0.05, 0) is 13.8 Å². The van der Waals surface area contributed by atoms with Crippen molar-refractivity contribution in [3.8, 4) is 0 Å². The molecule has 2 N–H and O–H groups in total. The maximum atomic E-state index is 5.56. The van der Waals surface area contributed by atoms with Crippen molar-refractivity contribution < 1.29 is 4.42 Å². The van der Waals surface area contributed by atoms with Crippen LogP contribution in [-0.2, 0) is 12.0 Å². The van der Waals surface area contributed by atoms with E-state index in [1.807, 2.05) is 27.0 Å². The number of oxazole rings is 1. The van der Waals surface area contributed by atoms with Crippen LogP contribution in [0, 0.1) is 13.8 Å². The number of nitrogens with one attached hydrogen (secondary N) is 2. The van der Waals surface area contributed by atoms with Gasteiger partial charge in [0, 0.05) is 18.5 Å². The third-order valence-electron chi connectivity index (χ3n) is 3.15. The van der Waals surface area contributed by atoms with Gasteiger partial charge in [0.1, 0.15) is 23.2 Å². The van der Waals surface area contributed by atoms with E-state index in [9.17, 15) is 0 Å². The average Bonchev–Trinajstić information content (AvgIpc) is 2.74. The fraction of sp³-hybridized carbons (Fsp3) is 0.533. The first-order chi connectivity index (χ1) is 9.79. The molecular weight excluding hydrogens is 266 g/mol. The minimum atomic E-state index is -0.112. The van der Waals surface area contributed by atoms with Crippen LogP contribution < -0.4 is 10.6 Å². The zero-order valence-corrected chi connectivity index (χ0v) is 13.5. The number of hydrogen-bond acceptors (Lipinski definition) is 6. The lowest BCUT2D eigenvalue weighted by atomic mass is 9.96. The summed E-state index contributed by atoms with van der Waals surface area (Å²) in [7, 11) is 1.85. The van der Waals surface area contributed by atoms with Gasteiger partial charge in [-0.2, -0.15) is 0 Å². The Hall–Kier alpha value is -2.11. The molecule has 0 saturated carbocycles. The smallest absolute Gasteiger partial charge is 0.213 e. The molecule has 21 heavy (non-hydrogen) atoms. The second-order valence-corrected chi connectivity index (χ2v) is 6.06. The first kappa shape index (κ1) is 15.3. The lowest BCUT2D eigenvalue weighted by molar-refractivity contribution is 0.478. The number of rotatable bonds is 4. The summed E-state index contributed by atoms with van der Waals surface area (Å²) < 4.78 is 5.56. The predicted octanol–water partition coefficient (Wildman–Crippen LogP) is 3.03. The zero-order chi connectivity index (χ0) is 15.6. The van der Waals surface area contributed by atoms with Crippen molar-refractivity contribution in [1.29, 1.82) is 0 Å². The van der Waals surface area contributed by atoms with Gasteiger partial charge < -0.3 is 15.1 Å². The normalized spacial score (nSPS) is 11.5. The molecule has 2 rings (SSSR count). The molecule has 2 aromatic rings. The van der Waals surface area contributed by atoms with E-state index in [1.165, 1.54) is 0 Å². The Kier molecular flexibility index (Phi) is 4.16. The van der Waals surface area contributed by atoms with Gasteiger partial charge in [-0.25, -0.2) is 15.0 Å². The van der Waals surface area contributed by atoms with Gasteiger partial charge in [0.2, 0.25) is 5.89 Å². The summed E-state index contributed by atoms with van der Waals surface area (Å²) >= 11 is 0. The standard InChI is InChI=1S/C15H23N5O/c1-9-10(2)21-13(18-9)8-17-12-7-11(16-6)19-14(20-12)15(3,4)5/h7H,8H2,1-6H3,(H2,16,17,19,20). The Morgan fingerprint density at radius 2 is 1.76 bits per heavy atom. The molecule has 0 spiro atoms. The number of aryl methyl sites for hydroxylation is 2. The summed E-state index contributed by atoms with van der Waals surface area (Å²) in [6.45, 7) is 10.6. The Bertz CT molecular complexity index is 608. The molecule has 0 aliphatic carbocycles. The van der Waals surface area contributed by atoms with Gasteiger partial charge in [-0.3, -0.25) is 0 Å². The lowest BCUT2D eigenvalue weighted by Crippen LogP contribution is -2.18. The molecule has 114 valence electrons. The number of anilines is 2. The average molecular weight is 289 g/mol. The second-order valence-electron chi connectivity index (χ2n) is 6.06. The summed E-state index contributed by atoms with van der Waals surface area (Å²) in [6, 6.07) is 1.87. The minimum absolute atomic E-state index is 0.112. The Labute approximate surface area is 125 Å². The monoisotopic (exact) mass is 289 g/mol. The van der Waals surface area contributed by atoms with Crippen LogP contribution in [0.1, 0.15) is 43.9 Å². The highest BCUT2D eigenvalue weighted by atomic mass is 16.4. The van der Waals surface area contributed by atoms with Crippen molar-refractivity contribution in [1.82, 2.24) is 15.0 Å². The molecule has 0 aliphatic rings. The van der Waals surface area contributed by atoms with Gasteiger partial charge in [-0.15, -0.1) is 0 Å². The SMILES string of the molecule is CNc1cc(NCc2nc(C)c(C)o2)nc(C(C)(C)C)n1. The Morgan fingerprint density at radius 1 is 1.10 bits per heavy atom. The van der Waals surface area contributed by atoms with E-state index in [0.29, 0.717) is 12.4 Å². The molecule has 2 heterocycles. The molecule has 0 radical (unpaired) electrons. The molecule has 6 nitrogen and oxygen atoms in total. The quantitative estimate of drug-likeness (QED) is 0.901. The number of nitrogens with zero attached hydrogens (tertiary/aromatic N) is 3.